The van der Waals surface area contributed by atoms with Gasteiger partial charge in [0.15, 0.2) is 5.82 Å². The third-order valence-corrected chi connectivity index (χ3v) is 4.53. The monoisotopic (exact) mass is 343 g/mol. The van der Waals surface area contributed by atoms with E-state index in [1.165, 1.54) is 4.68 Å². The SMILES string of the molecule is COc1ccc(-c2nc3n(n2)C(=O)CC(CN2CCOCC2)N3)cc1. The number of carbonyl (C=O) groups is 1. The summed E-state index contributed by atoms with van der Waals surface area (Å²) in [7, 11) is 1.62. The topological polar surface area (TPSA) is 81.5 Å². The Bertz CT molecular complexity index is 752. The van der Waals surface area contributed by atoms with E-state index in [-0.39, 0.29) is 11.9 Å². The molecule has 1 aromatic carbocycles. The molecule has 0 bridgehead atoms. The smallest absolute Gasteiger partial charge is 0.252 e. The van der Waals surface area contributed by atoms with Crippen LogP contribution in [0.2, 0.25) is 0 Å². The zero-order chi connectivity index (χ0) is 17.2. The van der Waals surface area contributed by atoms with Crippen molar-refractivity contribution in [3.63, 3.8) is 0 Å². The number of anilines is 1. The van der Waals surface area contributed by atoms with Crippen molar-refractivity contribution in [1.82, 2.24) is 19.7 Å². The normalized spacial score (nSPS) is 20.8. The summed E-state index contributed by atoms with van der Waals surface area (Å²) < 4.78 is 11.9. The maximum Gasteiger partial charge on any atom is 0.252 e. The van der Waals surface area contributed by atoms with Crippen molar-refractivity contribution in [1.29, 1.82) is 0 Å². The van der Waals surface area contributed by atoms with E-state index >= 15 is 0 Å². The number of hydrogen-bond donors (Lipinski definition) is 1. The summed E-state index contributed by atoms with van der Waals surface area (Å²) >= 11 is 0. The van der Waals surface area contributed by atoms with Gasteiger partial charge < -0.3 is 14.8 Å². The molecule has 25 heavy (non-hydrogen) atoms. The van der Waals surface area contributed by atoms with E-state index in [2.05, 4.69) is 20.3 Å². The lowest BCUT2D eigenvalue weighted by Gasteiger charge is -2.32. The van der Waals surface area contributed by atoms with Gasteiger partial charge in [-0.2, -0.15) is 9.67 Å². The molecule has 1 aromatic heterocycles. The number of ether oxygens (including phenoxy) is 2. The average molecular weight is 343 g/mol. The van der Waals surface area contributed by atoms with E-state index in [1.807, 2.05) is 24.3 Å². The highest BCUT2D eigenvalue weighted by Crippen LogP contribution is 2.24. The predicted octanol–water partition coefficient (Wildman–Crippen LogP) is 1.11. The number of aromatic nitrogens is 3. The van der Waals surface area contributed by atoms with Gasteiger partial charge in [0.25, 0.3) is 5.91 Å². The number of morpholine rings is 1. The maximum atomic E-state index is 12.4. The van der Waals surface area contributed by atoms with Crippen molar-refractivity contribution in [2.24, 2.45) is 0 Å². The molecule has 1 fully saturated rings. The first kappa shape index (κ1) is 16.0. The zero-order valence-electron chi connectivity index (χ0n) is 14.1. The number of fused-ring (bicyclic) bond motifs is 1. The third-order valence-electron chi connectivity index (χ3n) is 4.53. The first-order valence-electron chi connectivity index (χ1n) is 8.44. The van der Waals surface area contributed by atoms with Crippen LogP contribution in [0.15, 0.2) is 24.3 Å². The van der Waals surface area contributed by atoms with Gasteiger partial charge in [0.05, 0.1) is 32.8 Å². The molecule has 0 aliphatic carbocycles. The number of nitrogens with zero attached hydrogens (tertiary/aromatic N) is 4. The Balaban J connectivity index is 1.51. The fourth-order valence-electron chi connectivity index (χ4n) is 3.18. The Morgan fingerprint density at radius 2 is 2.04 bits per heavy atom. The molecule has 0 spiro atoms. The van der Waals surface area contributed by atoms with Crippen LogP contribution >= 0.6 is 0 Å². The molecule has 0 amide bonds. The molecule has 4 rings (SSSR count). The average Bonchev–Trinajstić information content (AvgIpc) is 3.07. The second-order valence-corrected chi connectivity index (χ2v) is 6.25. The summed E-state index contributed by atoms with van der Waals surface area (Å²) in [6.45, 7) is 4.10. The van der Waals surface area contributed by atoms with Crippen molar-refractivity contribution in [3.05, 3.63) is 24.3 Å². The molecule has 0 saturated carbocycles. The van der Waals surface area contributed by atoms with E-state index in [4.69, 9.17) is 9.47 Å². The predicted molar refractivity (Wildman–Crippen MR) is 91.9 cm³/mol. The van der Waals surface area contributed by atoms with Gasteiger partial charge in [-0.3, -0.25) is 9.69 Å². The summed E-state index contributed by atoms with van der Waals surface area (Å²) in [4.78, 5) is 19.3. The van der Waals surface area contributed by atoms with Crippen molar-refractivity contribution < 1.29 is 14.3 Å². The van der Waals surface area contributed by atoms with Crippen LogP contribution in [-0.4, -0.2) is 71.6 Å². The van der Waals surface area contributed by atoms with Crippen LogP contribution in [-0.2, 0) is 4.74 Å². The highest BCUT2D eigenvalue weighted by molar-refractivity contribution is 5.84. The van der Waals surface area contributed by atoms with E-state index < -0.39 is 0 Å². The summed E-state index contributed by atoms with van der Waals surface area (Å²) in [6, 6.07) is 7.52. The number of methoxy groups -OCH3 is 1. The van der Waals surface area contributed by atoms with Gasteiger partial charge in [0, 0.05) is 25.2 Å². The van der Waals surface area contributed by atoms with Crippen LogP contribution in [0.4, 0.5) is 5.95 Å². The Morgan fingerprint density at radius 3 is 2.76 bits per heavy atom. The number of benzene rings is 1. The van der Waals surface area contributed by atoms with Crippen LogP contribution in [0.5, 0.6) is 5.75 Å². The van der Waals surface area contributed by atoms with Crippen LogP contribution in [0.25, 0.3) is 11.4 Å². The molecule has 1 unspecified atom stereocenters. The molecular formula is C17H21N5O3. The zero-order valence-corrected chi connectivity index (χ0v) is 14.1. The van der Waals surface area contributed by atoms with Gasteiger partial charge in [-0.1, -0.05) is 0 Å². The molecule has 1 N–H and O–H groups in total. The highest BCUT2D eigenvalue weighted by atomic mass is 16.5. The van der Waals surface area contributed by atoms with Gasteiger partial charge >= 0.3 is 0 Å². The standard InChI is InChI=1S/C17H21N5O3/c1-24-14-4-2-12(3-5-14)16-19-17-18-13(10-15(23)22(17)20-16)11-21-6-8-25-9-7-21/h2-5,13H,6-11H2,1H3,(H,18,19,20). The molecule has 8 heteroatoms. The fourth-order valence-corrected chi connectivity index (χ4v) is 3.18. The van der Waals surface area contributed by atoms with E-state index in [0.717, 1.165) is 44.2 Å². The number of rotatable bonds is 4. The van der Waals surface area contributed by atoms with Crippen molar-refractivity contribution >= 4 is 11.9 Å². The van der Waals surface area contributed by atoms with Crippen LogP contribution in [0, 0.1) is 0 Å². The first-order valence-corrected chi connectivity index (χ1v) is 8.44. The molecule has 2 aromatic rings. The minimum Gasteiger partial charge on any atom is -0.497 e. The molecule has 8 nitrogen and oxygen atoms in total. The second kappa shape index (κ2) is 6.81. The van der Waals surface area contributed by atoms with E-state index in [0.29, 0.717) is 18.2 Å². The highest BCUT2D eigenvalue weighted by Gasteiger charge is 2.29. The maximum absolute atomic E-state index is 12.4. The fraction of sp³-hybridized carbons (Fsp3) is 0.471. The lowest BCUT2D eigenvalue weighted by molar-refractivity contribution is 0.0352. The molecule has 132 valence electrons. The van der Waals surface area contributed by atoms with Gasteiger partial charge in [0.2, 0.25) is 5.95 Å². The van der Waals surface area contributed by atoms with Gasteiger partial charge in [-0.05, 0) is 24.3 Å². The van der Waals surface area contributed by atoms with Crippen molar-refractivity contribution in [2.75, 3.05) is 45.3 Å². The minimum absolute atomic E-state index is 0.0285. The molecule has 3 heterocycles. The lowest BCUT2D eigenvalue weighted by Crippen LogP contribution is -2.46. The minimum atomic E-state index is -0.0285. The molecule has 2 aliphatic heterocycles. The number of nitrogens with one attached hydrogen (secondary N) is 1. The molecule has 1 saturated heterocycles. The Hall–Kier alpha value is -2.45. The third kappa shape index (κ3) is 3.35. The van der Waals surface area contributed by atoms with Crippen molar-refractivity contribution in [3.8, 4) is 17.1 Å². The molecule has 2 aliphatic rings. The summed E-state index contributed by atoms with van der Waals surface area (Å²) in [6.07, 6.45) is 0.412. The molecule has 0 radical (unpaired) electrons. The van der Waals surface area contributed by atoms with Gasteiger partial charge in [0.1, 0.15) is 5.75 Å². The number of hydrogen-bond acceptors (Lipinski definition) is 7. The summed E-state index contributed by atoms with van der Waals surface area (Å²) in [5.74, 6) is 1.79. The quantitative estimate of drug-likeness (QED) is 0.890. The van der Waals surface area contributed by atoms with Crippen LogP contribution < -0.4 is 10.1 Å². The van der Waals surface area contributed by atoms with E-state index in [1.54, 1.807) is 7.11 Å². The lowest BCUT2D eigenvalue weighted by atomic mass is 10.1. The second-order valence-electron chi connectivity index (χ2n) is 6.25. The van der Waals surface area contributed by atoms with Crippen LogP contribution in [0.1, 0.15) is 11.2 Å². The van der Waals surface area contributed by atoms with Crippen LogP contribution in [0.3, 0.4) is 0 Å². The van der Waals surface area contributed by atoms with Gasteiger partial charge in [-0.15, -0.1) is 5.10 Å². The summed E-state index contributed by atoms with van der Waals surface area (Å²) in [5.41, 5.74) is 0.849. The van der Waals surface area contributed by atoms with E-state index in [9.17, 15) is 4.79 Å². The Kier molecular flexibility index (Phi) is 4.37. The Morgan fingerprint density at radius 1 is 1.28 bits per heavy atom. The Labute approximate surface area is 145 Å². The number of carbonyl (C=O) groups excluding carboxylic acids is 1. The molecular weight excluding hydrogens is 322 g/mol. The summed E-state index contributed by atoms with van der Waals surface area (Å²) in [5, 5.41) is 7.71. The first-order chi connectivity index (χ1) is 12.2. The largest absolute Gasteiger partial charge is 0.497 e. The molecule has 1 atom stereocenters. The van der Waals surface area contributed by atoms with Crippen molar-refractivity contribution in [2.45, 2.75) is 12.5 Å². The van der Waals surface area contributed by atoms with Gasteiger partial charge in [-0.25, -0.2) is 0 Å².